The number of benzene rings is 1. The summed E-state index contributed by atoms with van der Waals surface area (Å²) in [5, 5.41) is 16.2. The Balaban J connectivity index is 1.40. The molecule has 3 rings (SSSR count). The molecule has 25 heavy (non-hydrogen) atoms. The van der Waals surface area contributed by atoms with Gasteiger partial charge < -0.3 is 5.32 Å². The van der Waals surface area contributed by atoms with E-state index in [1.807, 2.05) is 30.3 Å². The van der Waals surface area contributed by atoms with E-state index in [0.29, 0.717) is 5.92 Å². The quantitative estimate of drug-likeness (QED) is 0.872. The SMILES string of the molecule is N#Cc1ccccc1CN1CCC(CNC(=O)Cn2cccn2)CC1. The number of nitriles is 1. The van der Waals surface area contributed by atoms with Crippen LogP contribution in [0.1, 0.15) is 24.0 Å². The molecule has 0 unspecified atom stereocenters. The van der Waals surface area contributed by atoms with E-state index in [1.165, 1.54) is 0 Å². The molecular weight excluding hydrogens is 314 g/mol. The standard InChI is InChI=1S/C19H23N5O/c20-12-17-4-1-2-5-18(17)14-23-10-6-16(7-11-23)13-21-19(25)15-24-9-3-8-22-24/h1-5,8-9,16H,6-7,10-11,13-15H2,(H,21,25). The molecule has 1 aliphatic heterocycles. The van der Waals surface area contributed by atoms with Gasteiger partial charge in [-0.3, -0.25) is 14.4 Å². The van der Waals surface area contributed by atoms with E-state index >= 15 is 0 Å². The molecule has 1 aliphatic rings. The monoisotopic (exact) mass is 337 g/mol. The van der Waals surface area contributed by atoms with Gasteiger partial charge in [0.25, 0.3) is 0 Å². The van der Waals surface area contributed by atoms with Gasteiger partial charge in [-0.15, -0.1) is 0 Å². The molecule has 0 saturated carbocycles. The summed E-state index contributed by atoms with van der Waals surface area (Å²) in [6.07, 6.45) is 5.60. The lowest BCUT2D eigenvalue weighted by Gasteiger charge is -2.32. The Morgan fingerprint density at radius 3 is 2.80 bits per heavy atom. The molecule has 1 N–H and O–H groups in total. The van der Waals surface area contributed by atoms with Gasteiger partial charge in [0, 0.05) is 25.5 Å². The number of hydrogen-bond donors (Lipinski definition) is 1. The molecule has 2 aromatic rings. The highest BCUT2D eigenvalue weighted by molar-refractivity contribution is 5.75. The molecular formula is C19H23N5O. The molecule has 1 aromatic heterocycles. The summed E-state index contributed by atoms with van der Waals surface area (Å²) in [4.78, 5) is 14.3. The number of likely N-dealkylation sites (tertiary alicyclic amines) is 1. The number of nitrogens with one attached hydrogen (secondary N) is 1. The molecule has 0 radical (unpaired) electrons. The van der Waals surface area contributed by atoms with E-state index < -0.39 is 0 Å². The van der Waals surface area contributed by atoms with E-state index in [2.05, 4.69) is 21.4 Å². The van der Waals surface area contributed by atoms with Gasteiger partial charge in [-0.2, -0.15) is 10.4 Å². The number of carbonyl (C=O) groups is 1. The minimum atomic E-state index is 0.00840. The number of piperidine rings is 1. The molecule has 1 saturated heterocycles. The van der Waals surface area contributed by atoms with Gasteiger partial charge in [-0.1, -0.05) is 18.2 Å². The Labute approximate surface area is 148 Å². The van der Waals surface area contributed by atoms with Crippen LogP contribution in [0.5, 0.6) is 0 Å². The Morgan fingerprint density at radius 1 is 1.28 bits per heavy atom. The van der Waals surface area contributed by atoms with Crippen molar-refractivity contribution in [1.29, 1.82) is 5.26 Å². The smallest absolute Gasteiger partial charge is 0.241 e. The van der Waals surface area contributed by atoms with Crippen LogP contribution in [0.2, 0.25) is 0 Å². The van der Waals surface area contributed by atoms with Gasteiger partial charge >= 0.3 is 0 Å². The third-order valence-electron chi connectivity index (χ3n) is 4.69. The van der Waals surface area contributed by atoms with Crippen molar-refractivity contribution in [3.8, 4) is 6.07 Å². The van der Waals surface area contributed by atoms with Gasteiger partial charge in [0.1, 0.15) is 6.54 Å². The normalized spacial score (nSPS) is 15.6. The molecule has 6 nitrogen and oxygen atoms in total. The van der Waals surface area contributed by atoms with Gasteiger partial charge in [-0.25, -0.2) is 0 Å². The zero-order valence-electron chi connectivity index (χ0n) is 14.3. The van der Waals surface area contributed by atoms with Crippen molar-refractivity contribution in [1.82, 2.24) is 20.0 Å². The van der Waals surface area contributed by atoms with Crippen molar-refractivity contribution in [2.75, 3.05) is 19.6 Å². The predicted molar refractivity (Wildman–Crippen MR) is 94.4 cm³/mol. The fourth-order valence-corrected chi connectivity index (χ4v) is 3.21. The van der Waals surface area contributed by atoms with Gasteiger partial charge in [0.05, 0.1) is 11.6 Å². The van der Waals surface area contributed by atoms with Gasteiger partial charge in [0.15, 0.2) is 0 Å². The van der Waals surface area contributed by atoms with Crippen LogP contribution in [0.3, 0.4) is 0 Å². The number of carbonyl (C=O) groups excluding carboxylic acids is 1. The maximum absolute atomic E-state index is 11.9. The number of aromatic nitrogens is 2. The van der Waals surface area contributed by atoms with Crippen molar-refractivity contribution in [2.24, 2.45) is 5.92 Å². The van der Waals surface area contributed by atoms with Crippen LogP contribution >= 0.6 is 0 Å². The van der Waals surface area contributed by atoms with Crippen molar-refractivity contribution in [2.45, 2.75) is 25.9 Å². The topological polar surface area (TPSA) is 74.0 Å². The highest BCUT2D eigenvalue weighted by Gasteiger charge is 2.20. The predicted octanol–water partition coefficient (Wildman–Crippen LogP) is 1.78. The lowest BCUT2D eigenvalue weighted by Crippen LogP contribution is -2.39. The molecule has 130 valence electrons. The van der Waals surface area contributed by atoms with Crippen LogP contribution in [-0.4, -0.2) is 40.2 Å². The lowest BCUT2D eigenvalue weighted by atomic mass is 9.96. The third-order valence-corrected chi connectivity index (χ3v) is 4.69. The second-order valence-corrected chi connectivity index (χ2v) is 6.50. The summed E-state index contributed by atoms with van der Waals surface area (Å²) in [5.41, 5.74) is 1.85. The van der Waals surface area contributed by atoms with Gasteiger partial charge in [-0.05, 0) is 49.5 Å². The molecule has 0 aliphatic carbocycles. The first-order valence-electron chi connectivity index (χ1n) is 8.69. The summed E-state index contributed by atoms with van der Waals surface area (Å²) in [6, 6.07) is 11.9. The van der Waals surface area contributed by atoms with Crippen molar-refractivity contribution < 1.29 is 4.79 Å². The summed E-state index contributed by atoms with van der Waals surface area (Å²) < 4.78 is 1.63. The molecule has 6 heteroatoms. The Morgan fingerprint density at radius 2 is 2.08 bits per heavy atom. The highest BCUT2D eigenvalue weighted by atomic mass is 16.2. The third kappa shape index (κ3) is 4.91. The maximum Gasteiger partial charge on any atom is 0.241 e. The minimum Gasteiger partial charge on any atom is -0.354 e. The Kier molecular flexibility index (Phi) is 5.81. The van der Waals surface area contributed by atoms with Crippen molar-refractivity contribution >= 4 is 5.91 Å². The Bertz CT molecular complexity index is 727. The molecule has 1 aromatic carbocycles. The van der Waals surface area contributed by atoms with Crippen LogP contribution in [0.25, 0.3) is 0 Å². The van der Waals surface area contributed by atoms with E-state index in [4.69, 9.17) is 0 Å². The van der Waals surface area contributed by atoms with Crippen molar-refractivity contribution in [3.05, 3.63) is 53.9 Å². The minimum absolute atomic E-state index is 0.00840. The highest BCUT2D eigenvalue weighted by Crippen LogP contribution is 2.19. The van der Waals surface area contributed by atoms with Crippen LogP contribution in [-0.2, 0) is 17.9 Å². The number of amides is 1. The molecule has 2 heterocycles. The molecule has 0 spiro atoms. The number of rotatable bonds is 6. The van der Waals surface area contributed by atoms with E-state index in [-0.39, 0.29) is 12.5 Å². The first-order valence-corrected chi connectivity index (χ1v) is 8.69. The van der Waals surface area contributed by atoms with Crippen molar-refractivity contribution in [3.63, 3.8) is 0 Å². The average Bonchev–Trinajstić information content (AvgIpc) is 3.14. The second-order valence-electron chi connectivity index (χ2n) is 6.50. The molecule has 1 amide bonds. The first-order chi connectivity index (χ1) is 12.2. The fourth-order valence-electron chi connectivity index (χ4n) is 3.21. The van der Waals surface area contributed by atoms with Crippen LogP contribution in [0.15, 0.2) is 42.7 Å². The fraction of sp³-hybridized carbons (Fsp3) is 0.421. The van der Waals surface area contributed by atoms with Crippen LogP contribution < -0.4 is 5.32 Å². The number of nitrogens with zero attached hydrogens (tertiary/aromatic N) is 4. The average molecular weight is 337 g/mol. The summed E-state index contributed by atoms with van der Waals surface area (Å²) >= 11 is 0. The lowest BCUT2D eigenvalue weighted by molar-refractivity contribution is -0.122. The Hall–Kier alpha value is -2.65. The summed E-state index contributed by atoms with van der Waals surface area (Å²) in [5.74, 6) is 0.526. The summed E-state index contributed by atoms with van der Waals surface area (Å²) in [6.45, 7) is 3.82. The zero-order chi connectivity index (χ0) is 17.5. The van der Waals surface area contributed by atoms with E-state index in [9.17, 15) is 10.1 Å². The van der Waals surface area contributed by atoms with Crippen LogP contribution in [0.4, 0.5) is 0 Å². The first kappa shape index (κ1) is 17.2. The zero-order valence-corrected chi connectivity index (χ0v) is 14.3. The maximum atomic E-state index is 11.9. The van der Waals surface area contributed by atoms with Gasteiger partial charge in [0.2, 0.25) is 5.91 Å². The largest absolute Gasteiger partial charge is 0.354 e. The molecule has 1 fully saturated rings. The molecule has 0 bridgehead atoms. The van der Waals surface area contributed by atoms with E-state index in [1.54, 1.807) is 17.1 Å². The molecule has 0 atom stereocenters. The van der Waals surface area contributed by atoms with Crippen LogP contribution in [0, 0.1) is 17.2 Å². The van der Waals surface area contributed by atoms with E-state index in [0.717, 1.165) is 50.1 Å². The summed E-state index contributed by atoms with van der Waals surface area (Å²) in [7, 11) is 0. The number of hydrogen-bond acceptors (Lipinski definition) is 4. The second kappa shape index (κ2) is 8.45.